The smallest absolute Gasteiger partial charge is 0.250 e. The van der Waals surface area contributed by atoms with Crippen molar-refractivity contribution in [3.8, 4) is 5.75 Å². The summed E-state index contributed by atoms with van der Waals surface area (Å²) in [6.07, 6.45) is 1.60. The molecule has 1 amide bonds. The average Bonchev–Trinajstić information content (AvgIpc) is 2.34. The van der Waals surface area contributed by atoms with Crippen LogP contribution in [0, 0.1) is 5.82 Å². The van der Waals surface area contributed by atoms with E-state index in [1.54, 1.807) is 0 Å². The van der Waals surface area contributed by atoms with Gasteiger partial charge in [0.1, 0.15) is 6.10 Å². The first kappa shape index (κ1) is 13.6. The zero-order valence-electron chi connectivity index (χ0n) is 10.9. The summed E-state index contributed by atoms with van der Waals surface area (Å²) >= 11 is 0. The van der Waals surface area contributed by atoms with Gasteiger partial charge in [0, 0.05) is 24.8 Å². The average molecular weight is 267 g/mol. The van der Waals surface area contributed by atoms with E-state index in [1.165, 1.54) is 6.07 Å². The van der Waals surface area contributed by atoms with Gasteiger partial charge in [0.2, 0.25) is 0 Å². The Balaban J connectivity index is 2.15. The normalized spacial score (nSPS) is 17.4. The molecular formula is C13H18FN3O2. The van der Waals surface area contributed by atoms with Crippen molar-refractivity contribution in [3.63, 3.8) is 0 Å². The highest BCUT2D eigenvalue weighted by Gasteiger charge is 2.20. The highest BCUT2D eigenvalue weighted by atomic mass is 19.1. The van der Waals surface area contributed by atoms with Gasteiger partial charge in [0.05, 0.1) is 5.56 Å². The molecule has 0 bridgehead atoms. The molecule has 1 heterocycles. The van der Waals surface area contributed by atoms with Crippen LogP contribution in [0.5, 0.6) is 5.75 Å². The van der Waals surface area contributed by atoms with Gasteiger partial charge in [-0.15, -0.1) is 0 Å². The van der Waals surface area contributed by atoms with E-state index < -0.39 is 11.7 Å². The number of ether oxygens (including phenoxy) is 1. The summed E-state index contributed by atoms with van der Waals surface area (Å²) in [7, 11) is 2.03. The zero-order chi connectivity index (χ0) is 14.0. The second kappa shape index (κ2) is 5.44. The van der Waals surface area contributed by atoms with Crippen LogP contribution in [0.1, 0.15) is 23.2 Å². The van der Waals surface area contributed by atoms with Crippen LogP contribution in [0.15, 0.2) is 12.1 Å². The number of halogens is 1. The molecular weight excluding hydrogens is 249 g/mol. The summed E-state index contributed by atoms with van der Waals surface area (Å²) in [4.78, 5) is 13.4. The highest BCUT2D eigenvalue weighted by molar-refractivity contribution is 5.98. The molecule has 1 saturated heterocycles. The standard InChI is InChI=1S/C13H18FN3O2/c1-17-4-2-8(3-5-17)19-12-6-9(13(16)18)11(15)7-10(12)14/h6-8H,2-5,15H2,1H3,(H2,16,18). The fraction of sp³-hybridized carbons (Fsp3) is 0.462. The molecule has 1 aliphatic heterocycles. The van der Waals surface area contributed by atoms with Gasteiger partial charge in [0.15, 0.2) is 11.6 Å². The number of rotatable bonds is 3. The maximum absolute atomic E-state index is 13.8. The quantitative estimate of drug-likeness (QED) is 0.800. The molecule has 1 aliphatic rings. The Labute approximate surface area is 111 Å². The van der Waals surface area contributed by atoms with Crippen molar-refractivity contribution in [1.82, 2.24) is 4.90 Å². The lowest BCUT2D eigenvalue weighted by Gasteiger charge is -2.29. The molecule has 4 N–H and O–H groups in total. The second-order valence-electron chi connectivity index (χ2n) is 4.85. The van der Waals surface area contributed by atoms with Crippen LogP contribution in [-0.4, -0.2) is 37.0 Å². The van der Waals surface area contributed by atoms with Gasteiger partial charge in [0.25, 0.3) is 5.91 Å². The van der Waals surface area contributed by atoms with Crippen molar-refractivity contribution in [2.45, 2.75) is 18.9 Å². The Hall–Kier alpha value is -1.82. The van der Waals surface area contributed by atoms with Gasteiger partial charge in [-0.25, -0.2) is 4.39 Å². The number of anilines is 1. The number of carbonyl (C=O) groups is 1. The van der Waals surface area contributed by atoms with E-state index in [-0.39, 0.29) is 23.1 Å². The number of likely N-dealkylation sites (tertiary alicyclic amines) is 1. The molecule has 1 aromatic rings. The molecule has 5 nitrogen and oxygen atoms in total. The first-order valence-corrected chi connectivity index (χ1v) is 6.21. The number of nitrogens with zero attached hydrogens (tertiary/aromatic N) is 1. The molecule has 19 heavy (non-hydrogen) atoms. The van der Waals surface area contributed by atoms with Crippen LogP contribution < -0.4 is 16.2 Å². The van der Waals surface area contributed by atoms with Crippen LogP contribution in [0.2, 0.25) is 0 Å². The minimum atomic E-state index is -0.689. The van der Waals surface area contributed by atoms with E-state index in [9.17, 15) is 9.18 Å². The molecule has 104 valence electrons. The lowest BCUT2D eigenvalue weighted by molar-refractivity contribution is 0.0995. The predicted molar refractivity (Wildman–Crippen MR) is 70.5 cm³/mol. The first-order chi connectivity index (χ1) is 8.97. The number of hydrogen-bond acceptors (Lipinski definition) is 4. The number of piperidine rings is 1. The van der Waals surface area contributed by atoms with E-state index in [0.717, 1.165) is 32.0 Å². The van der Waals surface area contributed by atoms with Crippen molar-refractivity contribution in [2.75, 3.05) is 25.9 Å². The molecule has 0 aromatic heterocycles. The topological polar surface area (TPSA) is 81.6 Å². The van der Waals surface area contributed by atoms with Crippen LogP contribution in [0.4, 0.5) is 10.1 Å². The Morgan fingerprint density at radius 3 is 2.63 bits per heavy atom. The van der Waals surface area contributed by atoms with E-state index in [0.29, 0.717) is 0 Å². The summed E-state index contributed by atoms with van der Waals surface area (Å²) in [5.41, 5.74) is 10.8. The van der Waals surface area contributed by atoms with Crippen molar-refractivity contribution < 1.29 is 13.9 Å². The van der Waals surface area contributed by atoms with Crippen molar-refractivity contribution in [1.29, 1.82) is 0 Å². The number of carbonyl (C=O) groups excluding carboxylic acids is 1. The minimum Gasteiger partial charge on any atom is -0.487 e. The number of amides is 1. The van der Waals surface area contributed by atoms with Gasteiger partial charge in [-0.05, 0) is 26.0 Å². The molecule has 1 aromatic carbocycles. The number of nitrogen functional groups attached to an aromatic ring is 1. The minimum absolute atomic E-state index is 0.0285. The summed E-state index contributed by atoms with van der Waals surface area (Å²) in [6.45, 7) is 1.81. The van der Waals surface area contributed by atoms with Gasteiger partial charge in [-0.2, -0.15) is 0 Å². The third kappa shape index (κ3) is 3.14. The molecule has 0 atom stereocenters. The molecule has 0 aliphatic carbocycles. The van der Waals surface area contributed by atoms with E-state index in [2.05, 4.69) is 4.90 Å². The van der Waals surface area contributed by atoms with Crippen LogP contribution >= 0.6 is 0 Å². The van der Waals surface area contributed by atoms with Crippen molar-refractivity contribution >= 4 is 11.6 Å². The maximum Gasteiger partial charge on any atom is 0.250 e. The number of hydrogen-bond donors (Lipinski definition) is 2. The summed E-state index contributed by atoms with van der Waals surface area (Å²) in [5.74, 6) is -1.22. The predicted octanol–water partition coefficient (Wildman–Crippen LogP) is 0.980. The fourth-order valence-corrected chi connectivity index (χ4v) is 2.15. The number of nitrogens with two attached hydrogens (primary N) is 2. The zero-order valence-corrected chi connectivity index (χ0v) is 10.9. The van der Waals surface area contributed by atoms with E-state index in [4.69, 9.17) is 16.2 Å². The largest absolute Gasteiger partial charge is 0.487 e. The molecule has 0 radical (unpaired) electrons. The first-order valence-electron chi connectivity index (χ1n) is 6.21. The van der Waals surface area contributed by atoms with Crippen LogP contribution in [-0.2, 0) is 0 Å². The molecule has 2 rings (SSSR count). The highest BCUT2D eigenvalue weighted by Crippen LogP contribution is 2.26. The lowest BCUT2D eigenvalue weighted by Crippen LogP contribution is -2.35. The summed E-state index contributed by atoms with van der Waals surface area (Å²) < 4.78 is 19.4. The van der Waals surface area contributed by atoms with E-state index in [1.807, 2.05) is 7.05 Å². The Bertz CT molecular complexity index is 485. The van der Waals surface area contributed by atoms with Crippen molar-refractivity contribution in [3.05, 3.63) is 23.5 Å². The van der Waals surface area contributed by atoms with Crippen molar-refractivity contribution in [2.24, 2.45) is 5.73 Å². The lowest BCUT2D eigenvalue weighted by atomic mass is 10.1. The van der Waals surface area contributed by atoms with E-state index >= 15 is 0 Å². The Morgan fingerprint density at radius 2 is 2.05 bits per heavy atom. The molecule has 0 saturated carbocycles. The maximum atomic E-state index is 13.8. The summed E-state index contributed by atoms with van der Waals surface area (Å²) in [5, 5.41) is 0. The molecule has 6 heteroatoms. The number of benzene rings is 1. The second-order valence-corrected chi connectivity index (χ2v) is 4.85. The Kier molecular flexibility index (Phi) is 3.90. The summed E-state index contributed by atoms with van der Waals surface area (Å²) in [6, 6.07) is 2.36. The van der Waals surface area contributed by atoms with Gasteiger partial charge >= 0.3 is 0 Å². The Morgan fingerprint density at radius 1 is 1.42 bits per heavy atom. The van der Waals surface area contributed by atoms with Crippen LogP contribution in [0.25, 0.3) is 0 Å². The van der Waals surface area contributed by atoms with Gasteiger partial charge < -0.3 is 21.1 Å². The SMILES string of the molecule is CN1CCC(Oc2cc(C(N)=O)c(N)cc2F)CC1. The third-order valence-corrected chi connectivity index (χ3v) is 3.33. The molecule has 0 spiro atoms. The van der Waals surface area contributed by atoms with Gasteiger partial charge in [-0.1, -0.05) is 0 Å². The third-order valence-electron chi connectivity index (χ3n) is 3.33. The van der Waals surface area contributed by atoms with Crippen LogP contribution in [0.3, 0.4) is 0 Å². The monoisotopic (exact) mass is 267 g/mol. The fourth-order valence-electron chi connectivity index (χ4n) is 2.15. The van der Waals surface area contributed by atoms with Gasteiger partial charge in [-0.3, -0.25) is 4.79 Å². The molecule has 0 unspecified atom stereocenters. The number of primary amides is 1. The molecule has 1 fully saturated rings.